The zero-order valence-electron chi connectivity index (χ0n) is 18.2. The second-order valence-corrected chi connectivity index (χ2v) is 9.37. The van der Waals surface area contributed by atoms with Gasteiger partial charge in [-0.1, -0.05) is 73.5 Å². The lowest BCUT2D eigenvalue weighted by Gasteiger charge is -2.43. The Morgan fingerprint density at radius 2 is 1.77 bits per heavy atom. The number of benzene rings is 2. The van der Waals surface area contributed by atoms with Crippen molar-refractivity contribution < 1.29 is 9.53 Å². The summed E-state index contributed by atoms with van der Waals surface area (Å²) in [6.07, 6.45) is 2.83. The summed E-state index contributed by atoms with van der Waals surface area (Å²) in [5.74, 6) is 2.07. The molecule has 6 heteroatoms. The van der Waals surface area contributed by atoms with E-state index in [4.69, 9.17) is 27.9 Å². The Kier molecular flexibility index (Phi) is 11.5. The third kappa shape index (κ3) is 7.87. The summed E-state index contributed by atoms with van der Waals surface area (Å²) >= 11 is 13.4. The molecule has 1 aliphatic rings. The summed E-state index contributed by atoms with van der Waals surface area (Å²) in [4.78, 5) is 15.1. The lowest BCUT2D eigenvalue weighted by Crippen LogP contribution is -2.54. The number of amides is 1. The molecule has 2 aromatic rings. The van der Waals surface area contributed by atoms with E-state index in [1.165, 1.54) is 0 Å². The zero-order chi connectivity index (χ0) is 22.6. The van der Waals surface area contributed by atoms with Gasteiger partial charge in [0.15, 0.2) is 0 Å². The minimum atomic E-state index is -0.410. The van der Waals surface area contributed by atoms with Crippen molar-refractivity contribution in [2.24, 2.45) is 0 Å². The van der Waals surface area contributed by atoms with Gasteiger partial charge in [-0.05, 0) is 42.0 Å². The van der Waals surface area contributed by atoms with Crippen LogP contribution in [0.5, 0.6) is 0 Å². The van der Waals surface area contributed by atoms with Crippen LogP contribution in [0.3, 0.4) is 0 Å². The van der Waals surface area contributed by atoms with Crippen LogP contribution in [0.15, 0.2) is 67.3 Å². The highest BCUT2D eigenvalue weighted by atomic mass is 35.5. The number of thioether (sulfide) groups is 1. The fourth-order valence-corrected chi connectivity index (χ4v) is 4.61. The summed E-state index contributed by atoms with van der Waals surface area (Å²) in [6.45, 7) is 8.55. The van der Waals surface area contributed by atoms with E-state index in [9.17, 15) is 4.79 Å². The minimum absolute atomic E-state index is 0.0572. The van der Waals surface area contributed by atoms with E-state index in [1.54, 1.807) is 6.08 Å². The average molecular weight is 481 g/mol. The van der Waals surface area contributed by atoms with Crippen LogP contribution in [0, 0.1) is 0 Å². The molecule has 1 heterocycles. The number of ether oxygens (including phenoxy) is 1. The van der Waals surface area contributed by atoms with Gasteiger partial charge in [0.1, 0.15) is 6.10 Å². The molecule has 0 bridgehead atoms. The molecule has 168 valence electrons. The number of rotatable bonds is 8. The van der Waals surface area contributed by atoms with Crippen molar-refractivity contribution in [2.45, 2.75) is 44.9 Å². The van der Waals surface area contributed by atoms with Gasteiger partial charge in [0, 0.05) is 28.3 Å². The smallest absolute Gasteiger partial charge is 0.252 e. The van der Waals surface area contributed by atoms with Crippen molar-refractivity contribution in [3.8, 4) is 0 Å². The first-order chi connectivity index (χ1) is 15.0. The molecule has 0 N–H and O–H groups in total. The first-order valence-corrected chi connectivity index (χ1v) is 12.5. The van der Waals surface area contributed by atoms with Gasteiger partial charge in [-0.3, -0.25) is 4.79 Å². The van der Waals surface area contributed by atoms with Gasteiger partial charge in [-0.25, -0.2) is 0 Å². The number of carbonyl (C=O) groups excluding carboxylic acids is 1. The summed E-state index contributed by atoms with van der Waals surface area (Å²) < 4.78 is 5.86. The Balaban J connectivity index is 0.000000412. The minimum Gasteiger partial charge on any atom is -0.366 e. The fraction of sp³-hybridized carbons (Fsp3) is 0.400. The number of nitrogens with zero attached hydrogens (tertiary/aromatic N) is 1. The Bertz CT molecular complexity index is 801. The lowest BCUT2D eigenvalue weighted by molar-refractivity contribution is -0.163. The molecule has 3 rings (SSSR count). The van der Waals surface area contributed by atoms with Gasteiger partial charge in [0.2, 0.25) is 0 Å². The molecule has 3 atom stereocenters. The number of morpholine rings is 1. The monoisotopic (exact) mass is 479 g/mol. The summed E-state index contributed by atoms with van der Waals surface area (Å²) in [5.41, 5.74) is 1.07. The molecule has 2 aromatic carbocycles. The normalized spacial score (nSPS) is 19.4. The zero-order valence-corrected chi connectivity index (χ0v) is 20.5. The second-order valence-electron chi connectivity index (χ2n) is 7.18. The Morgan fingerprint density at radius 3 is 2.29 bits per heavy atom. The first kappa shape index (κ1) is 25.8. The van der Waals surface area contributed by atoms with E-state index in [2.05, 4.69) is 20.4 Å². The van der Waals surface area contributed by atoms with E-state index in [1.807, 2.05) is 71.3 Å². The van der Waals surface area contributed by atoms with Crippen molar-refractivity contribution in [1.29, 1.82) is 0 Å². The molecule has 0 radical (unpaired) electrons. The maximum absolute atomic E-state index is 13.0. The van der Waals surface area contributed by atoms with E-state index >= 15 is 0 Å². The third-order valence-electron chi connectivity index (χ3n) is 5.07. The topological polar surface area (TPSA) is 29.5 Å². The summed E-state index contributed by atoms with van der Waals surface area (Å²) in [5, 5.41) is 1.49. The Hall–Kier alpha value is -1.46. The highest BCUT2D eigenvalue weighted by Gasteiger charge is 2.39. The standard InChI is InChI=1S/C19H26ClNO2S.C6H5Cl/c1-4-7-18-19(22)21(16(5-2)13-24-6-3)17(12-23-18)14-8-10-15(20)11-9-14;7-6-4-2-1-3-5-6/h4,8-11,16-18H,1,5-7,12-13H2,2-3H3;1-5H/t16-,17-,18?;/m0./s1. The SMILES string of the molecule is C=CCC1OC[C@@H](c2ccc(Cl)cc2)N([C@@H](CC)CSCC)C1=O.Clc1ccccc1. The molecule has 0 spiro atoms. The van der Waals surface area contributed by atoms with E-state index in [-0.39, 0.29) is 18.0 Å². The predicted molar refractivity (Wildman–Crippen MR) is 134 cm³/mol. The van der Waals surface area contributed by atoms with Gasteiger partial charge in [0.05, 0.1) is 12.6 Å². The summed E-state index contributed by atoms with van der Waals surface area (Å²) in [6, 6.07) is 17.3. The molecule has 1 fully saturated rings. The third-order valence-corrected chi connectivity index (χ3v) is 6.60. The molecule has 0 saturated carbocycles. The summed E-state index contributed by atoms with van der Waals surface area (Å²) in [7, 11) is 0. The fourth-order valence-electron chi connectivity index (χ4n) is 3.44. The quantitative estimate of drug-likeness (QED) is 0.379. The maximum atomic E-state index is 13.0. The van der Waals surface area contributed by atoms with E-state index in [0.29, 0.717) is 18.1 Å². The van der Waals surface area contributed by atoms with Crippen molar-refractivity contribution in [3.05, 3.63) is 82.9 Å². The molecule has 1 amide bonds. The van der Waals surface area contributed by atoms with Gasteiger partial charge in [0.25, 0.3) is 5.91 Å². The van der Waals surface area contributed by atoms with Crippen LogP contribution in [-0.2, 0) is 9.53 Å². The number of carbonyl (C=O) groups is 1. The van der Waals surface area contributed by atoms with Crippen LogP contribution in [-0.4, -0.2) is 41.1 Å². The van der Waals surface area contributed by atoms with Crippen LogP contribution < -0.4 is 0 Å². The van der Waals surface area contributed by atoms with Gasteiger partial charge >= 0.3 is 0 Å². The lowest BCUT2D eigenvalue weighted by atomic mass is 9.99. The molecular weight excluding hydrogens is 449 g/mol. The predicted octanol–water partition coefficient (Wildman–Crippen LogP) is 7.06. The van der Waals surface area contributed by atoms with Crippen LogP contribution in [0.4, 0.5) is 0 Å². The maximum Gasteiger partial charge on any atom is 0.252 e. The molecule has 0 aromatic heterocycles. The van der Waals surface area contributed by atoms with Crippen molar-refractivity contribution in [2.75, 3.05) is 18.1 Å². The van der Waals surface area contributed by atoms with Crippen molar-refractivity contribution in [3.63, 3.8) is 0 Å². The van der Waals surface area contributed by atoms with Crippen LogP contribution in [0.2, 0.25) is 10.0 Å². The average Bonchev–Trinajstić information content (AvgIpc) is 2.78. The highest BCUT2D eigenvalue weighted by molar-refractivity contribution is 7.99. The van der Waals surface area contributed by atoms with E-state index < -0.39 is 6.10 Å². The Labute approximate surface area is 200 Å². The molecule has 1 unspecified atom stereocenters. The largest absolute Gasteiger partial charge is 0.366 e. The number of hydrogen-bond donors (Lipinski definition) is 0. The van der Waals surface area contributed by atoms with Gasteiger partial charge < -0.3 is 9.64 Å². The number of halogens is 2. The van der Waals surface area contributed by atoms with Crippen LogP contribution >= 0.6 is 35.0 Å². The Morgan fingerprint density at radius 1 is 1.13 bits per heavy atom. The highest BCUT2D eigenvalue weighted by Crippen LogP contribution is 2.32. The van der Waals surface area contributed by atoms with Crippen LogP contribution in [0.25, 0.3) is 0 Å². The first-order valence-electron chi connectivity index (χ1n) is 10.6. The van der Waals surface area contributed by atoms with Gasteiger partial charge in [-0.2, -0.15) is 11.8 Å². The molecule has 31 heavy (non-hydrogen) atoms. The van der Waals surface area contributed by atoms with Crippen molar-refractivity contribution in [1.82, 2.24) is 4.90 Å². The van der Waals surface area contributed by atoms with Crippen LogP contribution in [0.1, 0.15) is 38.3 Å². The number of hydrogen-bond acceptors (Lipinski definition) is 3. The second kappa shape index (κ2) is 13.8. The molecule has 3 nitrogen and oxygen atoms in total. The van der Waals surface area contributed by atoms with E-state index in [0.717, 1.165) is 28.5 Å². The molecule has 1 saturated heterocycles. The molecule has 1 aliphatic heterocycles. The van der Waals surface area contributed by atoms with Gasteiger partial charge in [-0.15, -0.1) is 6.58 Å². The molecular formula is C25H31Cl2NO2S. The molecule has 0 aliphatic carbocycles. The van der Waals surface area contributed by atoms with Crippen molar-refractivity contribution >= 4 is 40.9 Å².